The van der Waals surface area contributed by atoms with Crippen molar-refractivity contribution in [3.05, 3.63) is 0 Å². The molecule has 0 aliphatic rings. The van der Waals surface area contributed by atoms with E-state index in [0.29, 0.717) is 12.3 Å². The summed E-state index contributed by atoms with van der Waals surface area (Å²) in [6, 6.07) is 0. The summed E-state index contributed by atoms with van der Waals surface area (Å²) in [4.78, 5) is 10.4. The second-order valence-corrected chi connectivity index (χ2v) is 3.39. The first-order valence-corrected chi connectivity index (χ1v) is 5.35. The predicted molar refractivity (Wildman–Crippen MR) is 54.8 cm³/mol. The Morgan fingerprint density at radius 3 is 2.31 bits per heavy atom. The fraction of sp³-hybridized carbons (Fsp3) is 0.909. The predicted octanol–water partition coefficient (Wildman–Crippen LogP) is 2.81. The van der Waals surface area contributed by atoms with Crippen molar-refractivity contribution in [3.8, 4) is 0 Å². The monoisotopic (exact) mass is 186 g/mol. The minimum atomic E-state index is 0.273. The van der Waals surface area contributed by atoms with E-state index in [1.54, 1.807) is 0 Å². The zero-order chi connectivity index (χ0) is 10.1. The molecule has 2 heteroatoms. The highest BCUT2D eigenvalue weighted by Crippen LogP contribution is 2.18. The third-order valence-electron chi connectivity index (χ3n) is 2.39. The van der Waals surface area contributed by atoms with Gasteiger partial charge in [-0.25, -0.2) is 0 Å². The minimum Gasteiger partial charge on any atom is -0.378 e. The van der Waals surface area contributed by atoms with Gasteiger partial charge in [-0.1, -0.05) is 27.2 Å². The second-order valence-electron chi connectivity index (χ2n) is 3.39. The Morgan fingerprint density at radius 2 is 1.92 bits per heavy atom. The lowest BCUT2D eigenvalue weighted by atomic mass is 9.94. The van der Waals surface area contributed by atoms with Crippen LogP contribution in [0.1, 0.15) is 46.5 Å². The molecule has 0 fully saturated rings. The molecular weight excluding hydrogens is 164 g/mol. The first-order valence-electron chi connectivity index (χ1n) is 5.35. The van der Waals surface area contributed by atoms with Crippen molar-refractivity contribution in [1.82, 2.24) is 0 Å². The van der Waals surface area contributed by atoms with Crippen LogP contribution in [0.15, 0.2) is 0 Å². The molecule has 0 spiro atoms. The molecule has 0 bridgehead atoms. The topological polar surface area (TPSA) is 26.3 Å². The molecule has 0 rings (SSSR count). The number of carbonyl (C=O) groups is 1. The van der Waals surface area contributed by atoms with Crippen molar-refractivity contribution in [1.29, 1.82) is 0 Å². The van der Waals surface area contributed by atoms with E-state index in [1.165, 1.54) is 0 Å². The largest absolute Gasteiger partial charge is 0.378 e. The van der Waals surface area contributed by atoms with Gasteiger partial charge in [-0.2, -0.15) is 0 Å². The van der Waals surface area contributed by atoms with Crippen LogP contribution in [-0.4, -0.2) is 19.0 Å². The lowest BCUT2D eigenvalue weighted by molar-refractivity contribution is -0.110. The van der Waals surface area contributed by atoms with E-state index in [2.05, 4.69) is 20.8 Å². The summed E-state index contributed by atoms with van der Waals surface area (Å²) >= 11 is 0. The Labute approximate surface area is 81.7 Å². The van der Waals surface area contributed by atoms with E-state index in [9.17, 15) is 4.79 Å². The summed E-state index contributed by atoms with van der Waals surface area (Å²) in [5.74, 6) is 0.411. The van der Waals surface area contributed by atoms with E-state index in [-0.39, 0.29) is 6.10 Å². The molecule has 0 saturated heterocycles. The number of hydrogen-bond acceptors (Lipinski definition) is 2. The molecule has 2 nitrogen and oxygen atoms in total. The molecule has 2 unspecified atom stereocenters. The van der Waals surface area contributed by atoms with Crippen LogP contribution in [0.5, 0.6) is 0 Å². The van der Waals surface area contributed by atoms with E-state index in [1.807, 2.05) is 0 Å². The van der Waals surface area contributed by atoms with Gasteiger partial charge in [-0.3, -0.25) is 0 Å². The molecule has 0 radical (unpaired) electrons. The first-order chi connectivity index (χ1) is 6.29. The van der Waals surface area contributed by atoms with Crippen LogP contribution in [-0.2, 0) is 9.53 Å². The van der Waals surface area contributed by atoms with Gasteiger partial charge in [0.05, 0.1) is 6.10 Å². The molecule has 0 aliphatic carbocycles. The molecule has 0 aromatic heterocycles. The highest BCUT2D eigenvalue weighted by atomic mass is 16.5. The number of ether oxygens (including phenoxy) is 1. The van der Waals surface area contributed by atoms with Crippen LogP contribution in [0.25, 0.3) is 0 Å². The molecule has 0 aromatic rings. The summed E-state index contributed by atoms with van der Waals surface area (Å²) in [6.07, 6.45) is 5.00. The number of rotatable bonds is 8. The minimum absolute atomic E-state index is 0.273. The highest BCUT2D eigenvalue weighted by Gasteiger charge is 2.17. The number of aldehydes is 1. The fourth-order valence-corrected chi connectivity index (χ4v) is 1.56. The molecule has 0 aromatic carbocycles. The third kappa shape index (κ3) is 5.04. The Morgan fingerprint density at radius 1 is 1.23 bits per heavy atom. The van der Waals surface area contributed by atoms with Crippen molar-refractivity contribution in [2.45, 2.75) is 52.6 Å². The van der Waals surface area contributed by atoms with E-state index >= 15 is 0 Å². The zero-order valence-corrected chi connectivity index (χ0v) is 9.08. The summed E-state index contributed by atoms with van der Waals surface area (Å²) < 4.78 is 5.69. The summed E-state index contributed by atoms with van der Waals surface area (Å²) in [7, 11) is 0. The van der Waals surface area contributed by atoms with Gasteiger partial charge >= 0.3 is 0 Å². The molecule has 0 aliphatic heterocycles. The van der Waals surface area contributed by atoms with E-state index in [4.69, 9.17) is 4.74 Å². The maximum atomic E-state index is 10.4. The Bertz CT molecular complexity index is 123. The average Bonchev–Trinajstić information content (AvgIpc) is 2.17. The SMILES string of the molecule is CCCOC(CC)C(CC)CC=O. The van der Waals surface area contributed by atoms with Gasteiger partial charge in [0.1, 0.15) is 6.29 Å². The van der Waals surface area contributed by atoms with Crippen molar-refractivity contribution in [2.24, 2.45) is 5.92 Å². The molecule has 78 valence electrons. The molecule has 13 heavy (non-hydrogen) atoms. The van der Waals surface area contributed by atoms with Gasteiger partial charge in [0.25, 0.3) is 0 Å². The van der Waals surface area contributed by atoms with Crippen LogP contribution in [0.4, 0.5) is 0 Å². The average molecular weight is 186 g/mol. The summed E-state index contributed by atoms with van der Waals surface area (Å²) in [5.41, 5.74) is 0. The van der Waals surface area contributed by atoms with Gasteiger partial charge in [0.2, 0.25) is 0 Å². The van der Waals surface area contributed by atoms with Gasteiger partial charge in [0.15, 0.2) is 0 Å². The molecule has 0 N–H and O–H groups in total. The number of hydrogen-bond donors (Lipinski definition) is 0. The van der Waals surface area contributed by atoms with Gasteiger partial charge in [-0.15, -0.1) is 0 Å². The van der Waals surface area contributed by atoms with Gasteiger partial charge < -0.3 is 9.53 Å². The van der Waals surface area contributed by atoms with Gasteiger partial charge in [0, 0.05) is 13.0 Å². The Kier molecular flexibility index (Phi) is 8.00. The summed E-state index contributed by atoms with van der Waals surface area (Å²) in [6.45, 7) is 7.15. The normalized spacial score (nSPS) is 15.3. The van der Waals surface area contributed by atoms with E-state index in [0.717, 1.165) is 32.2 Å². The van der Waals surface area contributed by atoms with Crippen molar-refractivity contribution in [2.75, 3.05) is 6.61 Å². The van der Waals surface area contributed by atoms with Crippen molar-refractivity contribution >= 4 is 6.29 Å². The quantitative estimate of drug-likeness (QED) is 0.545. The highest BCUT2D eigenvalue weighted by molar-refractivity contribution is 5.49. The van der Waals surface area contributed by atoms with E-state index < -0.39 is 0 Å². The molecular formula is C11H22O2. The van der Waals surface area contributed by atoms with Crippen LogP contribution in [0.2, 0.25) is 0 Å². The lowest BCUT2D eigenvalue weighted by Gasteiger charge is -2.23. The zero-order valence-electron chi connectivity index (χ0n) is 9.08. The van der Waals surface area contributed by atoms with Crippen LogP contribution in [0.3, 0.4) is 0 Å². The summed E-state index contributed by atoms with van der Waals surface area (Å²) in [5, 5.41) is 0. The maximum Gasteiger partial charge on any atom is 0.120 e. The van der Waals surface area contributed by atoms with Crippen LogP contribution in [0, 0.1) is 5.92 Å². The lowest BCUT2D eigenvalue weighted by Crippen LogP contribution is -2.23. The standard InChI is InChI=1S/C11H22O2/c1-4-9-13-11(6-3)10(5-2)7-8-12/h8,10-11H,4-7,9H2,1-3H3. The smallest absolute Gasteiger partial charge is 0.120 e. The molecule has 0 amide bonds. The van der Waals surface area contributed by atoms with Crippen LogP contribution < -0.4 is 0 Å². The van der Waals surface area contributed by atoms with Crippen molar-refractivity contribution < 1.29 is 9.53 Å². The van der Waals surface area contributed by atoms with Gasteiger partial charge in [-0.05, 0) is 18.8 Å². The Balaban J connectivity index is 3.91. The third-order valence-corrected chi connectivity index (χ3v) is 2.39. The molecule has 2 atom stereocenters. The van der Waals surface area contributed by atoms with Crippen molar-refractivity contribution in [3.63, 3.8) is 0 Å². The molecule has 0 saturated carbocycles. The fourth-order valence-electron chi connectivity index (χ4n) is 1.56. The first kappa shape index (κ1) is 12.6. The maximum absolute atomic E-state index is 10.4. The molecule has 0 heterocycles. The number of carbonyl (C=O) groups excluding carboxylic acids is 1. The second kappa shape index (κ2) is 8.24. The van der Waals surface area contributed by atoms with Crippen LogP contribution >= 0.6 is 0 Å². The Hall–Kier alpha value is -0.370.